The monoisotopic (exact) mass is 421 g/mol. The molecule has 0 radical (unpaired) electrons. The van der Waals surface area contributed by atoms with Crippen molar-refractivity contribution in [2.45, 2.75) is 44.8 Å². The molecule has 1 N–H and O–H groups in total. The SMILES string of the molecule is [C-]#[N+]C1C(CCN(C)C(=O)OC(C)(C)C)=Nc2[nH]ncc2C1c1cccc2nonc12. The Morgan fingerprint density at radius 3 is 2.87 bits per heavy atom. The van der Waals surface area contributed by atoms with Crippen molar-refractivity contribution < 1.29 is 14.2 Å². The molecule has 10 heteroatoms. The molecule has 3 aromatic rings. The van der Waals surface area contributed by atoms with Crippen LogP contribution < -0.4 is 0 Å². The number of carbonyl (C=O) groups excluding carboxylic acids is 1. The number of aromatic amines is 1. The van der Waals surface area contributed by atoms with E-state index in [-0.39, 0.29) is 5.92 Å². The first-order valence-corrected chi connectivity index (χ1v) is 9.91. The summed E-state index contributed by atoms with van der Waals surface area (Å²) >= 11 is 0. The Bertz CT molecular complexity index is 1180. The Morgan fingerprint density at radius 2 is 2.13 bits per heavy atom. The fraction of sp³-hybridized carbons (Fsp3) is 0.429. The number of H-pyrrole nitrogens is 1. The van der Waals surface area contributed by atoms with E-state index in [0.717, 1.165) is 11.1 Å². The number of aromatic nitrogens is 4. The smallest absolute Gasteiger partial charge is 0.410 e. The maximum Gasteiger partial charge on any atom is 0.410 e. The molecule has 0 spiro atoms. The van der Waals surface area contributed by atoms with E-state index in [1.165, 1.54) is 4.90 Å². The highest BCUT2D eigenvalue weighted by molar-refractivity contribution is 5.97. The molecule has 4 rings (SSSR count). The third kappa shape index (κ3) is 3.99. The summed E-state index contributed by atoms with van der Waals surface area (Å²) in [6.07, 6.45) is 1.70. The van der Waals surface area contributed by atoms with E-state index in [1.54, 1.807) is 13.2 Å². The lowest BCUT2D eigenvalue weighted by molar-refractivity contribution is 0.0303. The topological polar surface area (TPSA) is 114 Å². The number of nitrogens with one attached hydrogen (secondary N) is 1. The molecule has 1 amide bonds. The van der Waals surface area contributed by atoms with Crippen LogP contribution in [-0.4, -0.2) is 62.5 Å². The van der Waals surface area contributed by atoms with Gasteiger partial charge in [-0.25, -0.2) is 21.0 Å². The molecule has 31 heavy (non-hydrogen) atoms. The van der Waals surface area contributed by atoms with Gasteiger partial charge in [0.2, 0.25) is 0 Å². The molecular formula is C21H23N7O3. The van der Waals surface area contributed by atoms with Crippen molar-refractivity contribution >= 4 is 28.7 Å². The van der Waals surface area contributed by atoms with Crippen molar-refractivity contribution in [2.75, 3.05) is 13.6 Å². The molecule has 2 aromatic heterocycles. The highest BCUT2D eigenvalue weighted by Gasteiger charge is 2.41. The van der Waals surface area contributed by atoms with Gasteiger partial charge >= 0.3 is 6.09 Å². The molecule has 3 heterocycles. The van der Waals surface area contributed by atoms with Crippen molar-refractivity contribution in [1.82, 2.24) is 25.4 Å². The molecule has 0 aliphatic carbocycles. The molecule has 160 valence electrons. The maximum atomic E-state index is 12.3. The van der Waals surface area contributed by atoms with E-state index in [2.05, 4.69) is 30.3 Å². The number of benzene rings is 1. The minimum Gasteiger partial charge on any atom is -0.444 e. The van der Waals surface area contributed by atoms with E-state index >= 15 is 0 Å². The van der Waals surface area contributed by atoms with Gasteiger partial charge in [-0.2, -0.15) is 5.10 Å². The van der Waals surface area contributed by atoms with Crippen LogP contribution >= 0.6 is 0 Å². The first-order chi connectivity index (χ1) is 14.8. The summed E-state index contributed by atoms with van der Waals surface area (Å²) in [5.74, 6) is 0.273. The van der Waals surface area contributed by atoms with Gasteiger partial charge in [0.25, 0.3) is 6.04 Å². The second kappa shape index (κ2) is 7.83. The van der Waals surface area contributed by atoms with E-state index in [1.807, 2.05) is 39.0 Å². The summed E-state index contributed by atoms with van der Waals surface area (Å²) < 4.78 is 10.3. The van der Waals surface area contributed by atoms with E-state index < -0.39 is 17.7 Å². The third-order valence-corrected chi connectivity index (χ3v) is 5.10. The van der Waals surface area contributed by atoms with Crippen molar-refractivity contribution in [1.29, 1.82) is 0 Å². The van der Waals surface area contributed by atoms with Crippen LogP contribution in [0.4, 0.5) is 10.6 Å². The van der Waals surface area contributed by atoms with Gasteiger partial charge in [-0.1, -0.05) is 12.1 Å². The van der Waals surface area contributed by atoms with Crippen LogP contribution in [0.5, 0.6) is 0 Å². The average molecular weight is 421 g/mol. The highest BCUT2D eigenvalue weighted by atomic mass is 16.6. The lowest BCUT2D eigenvalue weighted by Gasteiger charge is -2.26. The summed E-state index contributed by atoms with van der Waals surface area (Å²) in [6, 6.07) is 5.03. The molecule has 1 aliphatic heterocycles. The first-order valence-electron chi connectivity index (χ1n) is 9.91. The van der Waals surface area contributed by atoms with Crippen LogP contribution in [0.1, 0.15) is 44.2 Å². The number of ether oxygens (including phenoxy) is 1. The van der Waals surface area contributed by atoms with Crippen LogP contribution in [-0.2, 0) is 4.74 Å². The zero-order valence-electron chi connectivity index (χ0n) is 17.8. The molecule has 0 fully saturated rings. The molecule has 2 unspecified atom stereocenters. The molecule has 10 nitrogen and oxygen atoms in total. The molecule has 2 atom stereocenters. The van der Waals surface area contributed by atoms with Crippen molar-refractivity contribution in [3.8, 4) is 0 Å². The number of amides is 1. The van der Waals surface area contributed by atoms with Gasteiger partial charge in [0.05, 0.1) is 12.1 Å². The van der Waals surface area contributed by atoms with Crippen LogP contribution in [0.25, 0.3) is 15.9 Å². The van der Waals surface area contributed by atoms with Crippen LogP contribution in [0.3, 0.4) is 0 Å². The van der Waals surface area contributed by atoms with Crippen LogP contribution in [0, 0.1) is 6.57 Å². The zero-order valence-corrected chi connectivity index (χ0v) is 17.8. The van der Waals surface area contributed by atoms with Crippen LogP contribution in [0.15, 0.2) is 34.0 Å². The minimum atomic E-state index is -0.576. The quantitative estimate of drug-likeness (QED) is 0.643. The fourth-order valence-corrected chi connectivity index (χ4v) is 3.66. The summed E-state index contributed by atoms with van der Waals surface area (Å²) in [4.78, 5) is 22.4. The summed E-state index contributed by atoms with van der Waals surface area (Å²) in [7, 11) is 1.67. The lowest BCUT2D eigenvalue weighted by atomic mass is 9.81. The Balaban J connectivity index is 1.64. The fourth-order valence-electron chi connectivity index (χ4n) is 3.66. The molecule has 1 aliphatic rings. The van der Waals surface area contributed by atoms with Gasteiger partial charge in [0, 0.05) is 25.6 Å². The number of aliphatic imine (C=N–C) groups is 1. The normalized spacial score (nSPS) is 18.2. The molecule has 0 saturated carbocycles. The number of nitrogens with zero attached hydrogens (tertiary/aromatic N) is 6. The average Bonchev–Trinajstić information content (AvgIpc) is 3.38. The van der Waals surface area contributed by atoms with Gasteiger partial charge in [-0.3, -0.25) is 5.10 Å². The lowest BCUT2D eigenvalue weighted by Crippen LogP contribution is -2.37. The van der Waals surface area contributed by atoms with Gasteiger partial charge in [0.15, 0.2) is 5.82 Å². The number of rotatable bonds is 4. The van der Waals surface area contributed by atoms with Gasteiger partial charge in [0.1, 0.15) is 22.3 Å². The second-order valence-electron chi connectivity index (χ2n) is 8.46. The van der Waals surface area contributed by atoms with Crippen LogP contribution in [0.2, 0.25) is 0 Å². The third-order valence-electron chi connectivity index (χ3n) is 5.10. The summed E-state index contributed by atoms with van der Waals surface area (Å²) in [5, 5.41) is 15.0. The van der Waals surface area contributed by atoms with Gasteiger partial charge in [-0.05, 0) is 42.7 Å². The maximum absolute atomic E-state index is 12.3. The first kappa shape index (κ1) is 20.5. The van der Waals surface area contributed by atoms with E-state index in [4.69, 9.17) is 15.9 Å². The Labute approximate surface area is 179 Å². The summed E-state index contributed by atoms with van der Waals surface area (Å²) in [5.41, 5.74) is 2.98. The second-order valence-corrected chi connectivity index (χ2v) is 8.46. The number of hydrogen-bond acceptors (Lipinski definition) is 7. The summed E-state index contributed by atoms with van der Waals surface area (Å²) in [6.45, 7) is 13.7. The molecular weight excluding hydrogens is 398 g/mol. The zero-order chi connectivity index (χ0) is 22.2. The molecule has 1 aromatic carbocycles. The highest BCUT2D eigenvalue weighted by Crippen LogP contribution is 2.41. The van der Waals surface area contributed by atoms with Gasteiger partial charge in [-0.15, -0.1) is 0 Å². The Kier molecular flexibility index (Phi) is 5.19. The largest absolute Gasteiger partial charge is 0.444 e. The molecule has 0 saturated heterocycles. The number of carbonyl (C=O) groups is 1. The van der Waals surface area contributed by atoms with E-state index in [0.29, 0.717) is 35.5 Å². The predicted octanol–water partition coefficient (Wildman–Crippen LogP) is 3.71. The van der Waals surface area contributed by atoms with E-state index in [9.17, 15) is 4.79 Å². The number of hydrogen-bond donors (Lipinski definition) is 1. The Morgan fingerprint density at radius 1 is 1.32 bits per heavy atom. The van der Waals surface area contributed by atoms with Crippen molar-refractivity contribution in [3.63, 3.8) is 0 Å². The number of fused-ring (bicyclic) bond motifs is 2. The Hall–Kier alpha value is -3.74. The minimum absolute atomic E-state index is 0.332. The van der Waals surface area contributed by atoms with Gasteiger partial charge < -0.3 is 14.5 Å². The van der Waals surface area contributed by atoms with Crippen molar-refractivity contribution in [3.05, 3.63) is 46.9 Å². The predicted molar refractivity (Wildman–Crippen MR) is 113 cm³/mol. The van der Waals surface area contributed by atoms with Crippen molar-refractivity contribution in [2.24, 2.45) is 4.99 Å². The standard InChI is InChI=1S/C21H23N7O3/c1-21(2,3)30-20(29)28(5)10-9-14-18(22-4)16(13-11-23-25-19(13)24-14)12-7-6-8-15-17(12)27-31-26-15/h6-8,11,16,18H,9-10H2,1-3,5H3,(H,23,25). The molecule has 0 bridgehead atoms.